The highest BCUT2D eigenvalue weighted by atomic mass is 35.5. The highest BCUT2D eigenvalue weighted by Crippen LogP contribution is 2.36. The number of aromatic nitrogens is 3. The van der Waals surface area contributed by atoms with Gasteiger partial charge in [-0.15, -0.1) is 0 Å². The predicted molar refractivity (Wildman–Crippen MR) is 87.7 cm³/mol. The number of halogens is 5. The lowest BCUT2D eigenvalue weighted by atomic mass is 10.1. The first kappa shape index (κ1) is 17.6. The van der Waals surface area contributed by atoms with Crippen molar-refractivity contribution in [2.24, 2.45) is 0 Å². The Morgan fingerprint density at radius 1 is 1.08 bits per heavy atom. The van der Waals surface area contributed by atoms with Gasteiger partial charge in [0.2, 0.25) is 0 Å². The minimum absolute atomic E-state index is 0.00717. The number of benzene rings is 2. The third-order valence-corrected chi connectivity index (χ3v) is 4.11. The maximum Gasteiger partial charge on any atom is 0.416 e. The zero-order valence-electron chi connectivity index (χ0n) is 12.4. The number of hydrogen-bond acceptors (Lipinski definition) is 3. The van der Waals surface area contributed by atoms with Crippen LogP contribution in [0.1, 0.15) is 11.1 Å². The van der Waals surface area contributed by atoms with Crippen LogP contribution in [0.5, 0.6) is 5.75 Å². The van der Waals surface area contributed by atoms with Gasteiger partial charge < -0.3 is 5.11 Å². The van der Waals surface area contributed by atoms with E-state index in [-0.39, 0.29) is 33.7 Å². The predicted octanol–water partition coefficient (Wildman–Crippen LogP) is 5.02. The summed E-state index contributed by atoms with van der Waals surface area (Å²) < 4.78 is 40.7. The van der Waals surface area contributed by atoms with Crippen molar-refractivity contribution in [3.63, 3.8) is 0 Å². The van der Waals surface area contributed by atoms with Gasteiger partial charge in [-0.2, -0.15) is 18.3 Å². The molecule has 0 atom stereocenters. The molecule has 130 valence electrons. The molecule has 2 aromatic carbocycles. The summed E-state index contributed by atoms with van der Waals surface area (Å²) in [6.07, 6.45) is -3.25. The van der Waals surface area contributed by atoms with Gasteiger partial charge in [-0.1, -0.05) is 41.4 Å². The molecule has 0 bridgehead atoms. The van der Waals surface area contributed by atoms with Crippen molar-refractivity contribution >= 4 is 23.2 Å². The number of phenols is 1. The van der Waals surface area contributed by atoms with E-state index < -0.39 is 11.7 Å². The fourth-order valence-corrected chi connectivity index (χ4v) is 2.88. The van der Waals surface area contributed by atoms with E-state index in [2.05, 4.69) is 10.1 Å². The molecule has 4 nitrogen and oxygen atoms in total. The maximum atomic E-state index is 13.1. The Labute approximate surface area is 150 Å². The SMILES string of the molecule is Oc1c(Cl)cc(-c2ncnn2Cc2ccccc2C(F)(F)F)cc1Cl. The van der Waals surface area contributed by atoms with E-state index in [1.165, 1.54) is 41.3 Å². The van der Waals surface area contributed by atoms with Crippen LogP contribution < -0.4 is 0 Å². The zero-order chi connectivity index (χ0) is 18.2. The van der Waals surface area contributed by atoms with Crippen molar-refractivity contribution in [3.05, 3.63) is 63.9 Å². The molecule has 0 saturated heterocycles. The summed E-state index contributed by atoms with van der Waals surface area (Å²) in [7, 11) is 0. The fourth-order valence-electron chi connectivity index (χ4n) is 2.39. The van der Waals surface area contributed by atoms with Gasteiger partial charge in [-0.3, -0.25) is 0 Å². The summed E-state index contributed by atoms with van der Waals surface area (Å²) in [6.45, 7) is -0.138. The number of rotatable bonds is 3. The number of phenolic OH excluding ortho intramolecular Hbond substituents is 1. The van der Waals surface area contributed by atoms with Crippen LogP contribution in [0.4, 0.5) is 13.2 Å². The average molecular weight is 388 g/mol. The van der Waals surface area contributed by atoms with Crippen molar-refractivity contribution in [3.8, 4) is 17.1 Å². The van der Waals surface area contributed by atoms with E-state index in [0.29, 0.717) is 5.56 Å². The third-order valence-electron chi connectivity index (χ3n) is 3.53. The van der Waals surface area contributed by atoms with Crippen molar-refractivity contribution in [2.75, 3.05) is 0 Å². The molecule has 25 heavy (non-hydrogen) atoms. The summed E-state index contributed by atoms with van der Waals surface area (Å²) in [5.74, 6) is 0.00124. The van der Waals surface area contributed by atoms with Gasteiger partial charge in [0.1, 0.15) is 6.33 Å². The van der Waals surface area contributed by atoms with Crippen LogP contribution in [-0.2, 0) is 12.7 Å². The van der Waals surface area contributed by atoms with E-state index in [0.717, 1.165) is 6.07 Å². The van der Waals surface area contributed by atoms with E-state index in [1.54, 1.807) is 0 Å². The number of alkyl halides is 3. The fraction of sp³-hybridized carbons (Fsp3) is 0.125. The van der Waals surface area contributed by atoms with Gasteiger partial charge in [0, 0.05) is 5.56 Å². The minimum Gasteiger partial charge on any atom is -0.505 e. The molecule has 0 aliphatic carbocycles. The molecule has 3 rings (SSSR count). The van der Waals surface area contributed by atoms with Crippen LogP contribution in [-0.4, -0.2) is 19.9 Å². The largest absolute Gasteiger partial charge is 0.505 e. The second-order valence-corrected chi connectivity index (χ2v) is 6.00. The van der Waals surface area contributed by atoms with E-state index in [9.17, 15) is 18.3 Å². The van der Waals surface area contributed by atoms with Gasteiger partial charge in [0.15, 0.2) is 11.6 Å². The first-order valence-corrected chi connectivity index (χ1v) is 7.74. The molecule has 3 aromatic rings. The van der Waals surface area contributed by atoms with E-state index >= 15 is 0 Å². The quantitative estimate of drug-likeness (QED) is 0.685. The zero-order valence-corrected chi connectivity index (χ0v) is 13.9. The second kappa shape index (κ2) is 6.57. The monoisotopic (exact) mass is 387 g/mol. The molecule has 0 amide bonds. The van der Waals surface area contributed by atoms with E-state index in [4.69, 9.17) is 23.2 Å². The lowest BCUT2D eigenvalue weighted by molar-refractivity contribution is -0.138. The Morgan fingerprint density at radius 2 is 1.72 bits per heavy atom. The number of aromatic hydroxyl groups is 1. The molecule has 0 saturated carbocycles. The number of nitrogens with zero attached hydrogens (tertiary/aromatic N) is 3. The lowest BCUT2D eigenvalue weighted by Gasteiger charge is -2.14. The van der Waals surface area contributed by atoms with Crippen LogP contribution in [0.3, 0.4) is 0 Å². The molecule has 0 aliphatic heterocycles. The molecule has 0 unspecified atom stereocenters. The third kappa shape index (κ3) is 3.57. The Morgan fingerprint density at radius 3 is 2.36 bits per heavy atom. The Kier molecular flexibility index (Phi) is 4.62. The molecule has 1 heterocycles. The topological polar surface area (TPSA) is 50.9 Å². The molecule has 0 spiro atoms. The van der Waals surface area contributed by atoms with Crippen molar-refractivity contribution in [1.82, 2.24) is 14.8 Å². The Hall–Kier alpha value is -2.25. The number of hydrogen-bond donors (Lipinski definition) is 1. The Balaban J connectivity index is 2.02. The smallest absolute Gasteiger partial charge is 0.416 e. The molecule has 0 radical (unpaired) electrons. The maximum absolute atomic E-state index is 13.1. The average Bonchev–Trinajstić information content (AvgIpc) is 3.00. The minimum atomic E-state index is -4.47. The van der Waals surface area contributed by atoms with Gasteiger partial charge in [-0.05, 0) is 23.8 Å². The van der Waals surface area contributed by atoms with Crippen LogP contribution in [0, 0.1) is 0 Å². The lowest BCUT2D eigenvalue weighted by Crippen LogP contribution is -2.13. The first-order valence-electron chi connectivity index (χ1n) is 6.98. The van der Waals surface area contributed by atoms with Gasteiger partial charge in [0.05, 0.1) is 22.2 Å². The van der Waals surface area contributed by atoms with Crippen LogP contribution in [0.15, 0.2) is 42.7 Å². The highest BCUT2D eigenvalue weighted by molar-refractivity contribution is 6.37. The summed E-state index contributed by atoms with van der Waals surface area (Å²) in [6, 6.07) is 8.08. The summed E-state index contributed by atoms with van der Waals surface area (Å²) in [4.78, 5) is 4.06. The summed E-state index contributed by atoms with van der Waals surface area (Å²) in [5, 5.41) is 13.6. The van der Waals surface area contributed by atoms with Crippen molar-refractivity contribution in [2.45, 2.75) is 12.7 Å². The van der Waals surface area contributed by atoms with Crippen molar-refractivity contribution in [1.29, 1.82) is 0 Å². The summed E-state index contributed by atoms with van der Waals surface area (Å²) >= 11 is 11.8. The summed E-state index contributed by atoms with van der Waals surface area (Å²) in [5.41, 5.74) is -0.259. The molecule has 1 aromatic heterocycles. The molecule has 1 N–H and O–H groups in total. The second-order valence-electron chi connectivity index (χ2n) is 5.18. The van der Waals surface area contributed by atoms with Crippen LogP contribution in [0.25, 0.3) is 11.4 Å². The van der Waals surface area contributed by atoms with Gasteiger partial charge in [0.25, 0.3) is 0 Å². The normalized spacial score (nSPS) is 11.7. The van der Waals surface area contributed by atoms with E-state index in [1.807, 2.05) is 0 Å². The standard InChI is InChI=1S/C16H10Cl2F3N3O/c17-12-5-10(6-13(18)14(12)25)15-22-8-23-24(15)7-9-3-1-2-4-11(9)16(19,20)21/h1-6,8,25H,7H2. The Bertz CT molecular complexity index is 902. The first-order chi connectivity index (χ1) is 11.8. The molecule has 9 heteroatoms. The highest BCUT2D eigenvalue weighted by Gasteiger charge is 2.33. The van der Waals surface area contributed by atoms with Crippen LogP contribution >= 0.6 is 23.2 Å². The molecular formula is C16H10Cl2F3N3O. The molecular weight excluding hydrogens is 378 g/mol. The van der Waals surface area contributed by atoms with Gasteiger partial charge >= 0.3 is 6.18 Å². The van der Waals surface area contributed by atoms with Gasteiger partial charge in [-0.25, -0.2) is 9.67 Å². The molecule has 0 aliphatic rings. The van der Waals surface area contributed by atoms with Crippen LogP contribution in [0.2, 0.25) is 10.0 Å². The molecule has 0 fully saturated rings. The van der Waals surface area contributed by atoms with Crippen molar-refractivity contribution < 1.29 is 18.3 Å².